The first-order valence-electron chi connectivity index (χ1n) is 31.0. The van der Waals surface area contributed by atoms with Crippen molar-refractivity contribution in [1.82, 2.24) is 0 Å². The summed E-state index contributed by atoms with van der Waals surface area (Å²) in [5.74, 6) is -3.11. The Kier molecular flexibility index (Phi) is 48.2. The van der Waals surface area contributed by atoms with Crippen molar-refractivity contribution in [3.05, 3.63) is 36.5 Å². The van der Waals surface area contributed by atoms with Crippen LogP contribution in [0.4, 0.5) is 0 Å². The van der Waals surface area contributed by atoms with Gasteiger partial charge in [0.2, 0.25) is 0 Å². The zero-order chi connectivity index (χ0) is 54.7. The van der Waals surface area contributed by atoms with Crippen molar-refractivity contribution < 1.29 is 58.2 Å². The number of aliphatic hydroxyl groups excluding tert-OH is 2. The third-order valence-corrected chi connectivity index (χ3v) is 14.2. The molecule has 3 N–H and O–H groups in total. The Morgan fingerprint density at radius 1 is 0.440 bits per heavy atom. The molecule has 0 aromatic carbocycles. The molecule has 0 aliphatic carbocycles. The molecule has 0 saturated carbocycles. The summed E-state index contributed by atoms with van der Waals surface area (Å²) in [6.45, 7) is 5.97. The molecule has 0 amide bonds. The van der Waals surface area contributed by atoms with Crippen LogP contribution < -0.4 is 0 Å². The Labute approximate surface area is 457 Å². The van der Waals surface area contributed by atoms with Crippen LogP contribution in [0.3, 0.4) is 0 Å². The second-order valence-corrected chi connectivity index (χ2v) is 21.3. The number of allylic oxidation sites excluding steroid dienone is 6. The highest BCUT2D eigenvalue weighted by atomic mass is 16.7. The highest BCUT2D eigenvalue weighted by Crippen LogP contribution is 2.27. The first kappa shape index (κ1) is 70.0. The molecule has 75 heavy (non-hydrogen) atoms. The molecule has 1 aliphatic heterocycles. The van der Waals surface area contributed by atoms with Crippen molar-refractivity contribution in [3.8, 4) is 0 Å². The molecule has 0 radical (unpaired) electrons. The van der Waals surface area contributed by atoms with Crippen molar-refractivity contribution in [1.29, 1.82) is 0 Å². The fraction of sp³-hybridized carbons (Fsp3) is 0.841. The smallest absolute Gasteiger partial charge is 0.335 e. The quantitative estimate of drug-likeness (QED) is 0.0228. The van der Waals surface area contributed by atoms with Crippen LogP contribution in [0.2, 0.25) is 0 Å². The number of carboxylic acid groups (broad SMARTS) is 1. The van der Waals surface area contributed by atoms with Crippen molar-refractivity contribution in [2.75, 3.05) is 13.2 Å². The van der Waals surface area contributed by atoms with Gasteiger partial charge in [-0.15, -0.1) is 0 Å². The van der Waals surface area contributed by atoms with E-state index in [9.17, 15) is 34.5 Å². The summed E-state index contributed by atoms with van der Waals surface area (Å²) in [6.07, 6.45) is 48.3. The Balaban J connectivity index is 2.65. The van der Waals surface area contributed by atoms with Crippen LogP contribution in [0, 0.1) is 0 Å². The van der Waals surface area contributed by atoms with Crippen molar-refractivity contribution in [3.63, 3.8) is 0 Å². The van der Waals surface area contributed by atoms with E-state index < -0.39 is 67.3 Å². The number of ether oxygens (including phenoxy) is 5. The van der Waals surface area contributed by atoms with Gasteiger partial charge < -0.3 is 39.0 Å². The van der Waals surface area contributed by atoms with Crippen LogP contribution in [0.15, 0.2) is 36.5 Å². The second kappa shape index (κ2) is 51.7. The molecular formula is C63H112O12. The number of carboxylic acids is 1. The summed E-state index contributed by atoms with van der Waals surface area (Å²) in [5, 5.41) is 31.5. The maximum absolute atomic E-state index is 13.2. The van der Waals surface area contributed by atoms with Crippen LogP contribution in [0.5, 0.6) is 0 Å². The van der Waals surface area contributed by atoms with E-state index >= 15 is 0 Å². The Morgan fingerprint density at radius 2 is 0.800 bits per heavy atom. The summed E-state index contributed by atoms with van der Waals surface area (Å²) in [5.41, 5.74) is 0. The van der Waals surface area contributed by atoms with Gasteiger partial charge in [-0.1, -0.05) is 231 Å². The number of aliphatic hydroxyl groups is 2. The number of carbonyl (C=O) groups excluding carboxylic acids is 3. The SMILES string of the molecule is CCCCC/C=C\C/C=C\CCCCCCCCCCCC(=O)OCC(COC1OC(C(=O)O)C(O)C(O)C1OC(=O)CCCCCCCCCCCCC)OC(=O)CCCCCCC/C=C\CCCCCCCC. The van der Waals surface area contributed by atoms with Crippen LogP contribution in [0.25, 0.3) is 0 Å². The van der Waals surface area contributed by atoms with Crippen LogP contribution in [0.1, 0.15) is 290 Å². The Bertz CT molecular complexity index is 1450. The van der Waals surface area contributed by atoms with Crippen LogP contribution in [-0.2, 0) is 42.9 Å². The molecule has 0 aromatic heterocycles. The van der Waals surface area contributed by atoms with E-state index in [4.69, 9.17) is 23.7 Å². The third kappa shape index (κ3) is 41.7. The zero-order valence-corrected chi connectivity index (χ0v) is 48.1. The standard InChI is InChI=1S/C63H112O12/c1-4-7-10-13-16-19-22-24-26-27-28-29-31-32-35-37-40-43-46-49-55(64)71-52-54(73-56(65)50-47-44-41-39-36-33-30-25-23-20-17-14-11-8-5-2)53-72-63-61(59(68)58(67)60(75-63)62(69)70)74-57(66)51-48-45-42-38-34-21-18-15-12-9-6-3/h16,19,24-26,30,54,58-61,63,67-68H,4-15,17-18,20-23,27-29,31-53H2,1-3H3,(H,69,70)/b19-16-,26-24-,30-25-. The van der Waals surface area contributed by atoms with Gasteiger partial charge >= 0.3 is 23.9 Å². The van der Waals surface area contributed by atoms with Gasteiger partial charge in [-0.25, -0.2) is 4.79 Å². The third-order valence-electron chi connectivity index (χ3n) is 14.2. The van der Waals surface area contributed by atoms with Gasteiger partial charge in [0, 0.05) is 19.3 Å². The molecule has 12 nitrogen and oxygen atoms in total. The van der Waals surface area contributed by atoms with Gasteiger partial charge in [0.15, 0.2) is 24.6 Å². The monoisotopic (exact) mass is 1060 g/mol. The average molecular weight is 1060 g/mol. The lowest BCUT2D eigenvalue weighted by Gasteiger charge is -2.40. The van der Waals surface area contributed by atoms with Crippen molar-refractivity contribution in [2.24, 2.45) is 0 Å². The summed E-state index contributed by atoms with van der Waals surface area (Å²) in [7, 11) is 0. The first-order valence-corrected chi connectivity index (χ1v) is 31.0. The van der Waals surface area contributed by atoms with Gasteiger partial charge in [-0.2, -0.15) is 0 Å². The van der Waals surface area contributed by atoms with E-state index in [0.29, 0.717) is 19.3 Å². The maximum Gasteiger partial charge on any atom is 0.335 e. The molecule has 1 fully saturated rings. The van der Waals surface area contributed by atoms with Gasteiger partial charge in [-0.05, 0) is 77.0 Å². The van der Waals surface area contributed by atoms with E-state index in [1.807, 2.05) is 0 Å². The largest absolute Gasteiger partial charge is 0.479 e. The maximum atomic E-state index is 13.2. The first-order chi connectivity index (χ1) is 36.6. The van der Waals surface area contributed by atoms with E-state index in [1.54, 1.807) is 0 Å². The molecule has 0 bridgehead atoms. The Morgan fingerprint density at radius 3 is 1.24 bits per heavy atom. The minimum absolute atomic E-state index is 0.0637. The molecule has 12 heteroatoms. The summed E-state index contributed by atoms with van der Waals surface area (Å²) >= 11 is 0. The second-order valence-electron chi connectivity index (χ2n) is 21.3. The molecule has 6 atom stereocenters. The molecule has 1 heterocycles. The number of carbonyl (C=O) groups is 4. The van der Waals surface area contributed by atoms with Gasteiger partial charge in [0.05, 0.1) is 6.61 Å². The lowest BCUT2D eigenvalue weighted by molar-refractivity contribution is -0.301. The molecule has 0 aromatic rings. The summed E-state index contributed by atoms with van der Waals surface area (Å²) in [6, 6.07) is 0. The number of rotatable bonds is 53. The average Bonchev–Trinajstić information content (AvgIpc) is 3.39. The number of aliphatic carboxylic acids is 1. The zero-order valence-electron chi connectivity index (χ0n) is 48.1. The minimum Gasteiger partial charge on any atom is -0.479 e. The number of hydrogen-bond donors (Lipinski definition) is 3. The van der Waals surface area contributed by atoms with Gasteiger partial charge in [0.25, 0.3) is 0 Å². The highest BCUT2D eigenvalue weighted by Gasteiger charge is 2.50. The van der Waals surface area contributed by atoms with E-state index in [-0.39, 0.29) is 25.9 Å². The topological polar surface area (TPSA) is 175 Å². The molecular weight excluding hydrogens is 949 g/mol. The predicted molar refractivity (Wildman–Crippen MR) is 303 cm³/mol. The number of unbranched alkanes of at least 4 members (excludes halogenated alkanes) is 33. The van der Waals surface area contributed by atoms with Crippen LogP contribution >= 0.6 is 0 Å². The van der Waals surface area contributed by atoms with Crippen LogP contribution in [-0.4, -0.2) is 89.2 Å². The highest BCUT2D eigenvalue weighted by molar-refractivity contribution is 5.74. The summed E-state index contributed by atoms with van der Waals surface area (Å²) < 4.78 is 28.5. The molecule has 1 rings (SSSR count). The summed E-state index contributed by atoms with van der Waals surface area (Å²) in [4.78, 5) is 51.1. The van der Waals surface area contributed by atoms with E-state index in [2.05, 4.69) is 57.2 Å². The Hall–Kier alpha value is -3.06. The molecule has 0 spiro atoms. The molecule has 1 saturated heterocycles. The number of hydrogen-bond acceptors (Lipinski definition) is 11. The normalized spacial score (nSPS) is 18.3. The van der Waals surface area contributed by atoms with Gasteiger partial charge in [0.1, 0.15) is 18.8 Å². The predicted octanol–water partition coefficient (Wildman–Crippen LogP) is 16.0. The minimum atomic E-state index is -1.90. The fourth-order valence-electron chi connectivity index (χ4n) is 9.39. The number of esters is 3. The molecule has 6 unspecified atom stereocenters. The lowest BCUT2D eigenvalue weighted by atomic mass is 9.98. The lowest BCUT2D eigenvalue weighted by Crippen LogP contribution is -2.61. The van der Waals surface area contributed by atoms with E-state index in [0.717, 1.165) is 96.3 Å². The fourth-order valence-corrected chi connectivity index (χ4v) is 9.39. The molecule has 1 aliphatic rings. The van der Waals surface area contributed by atoms with Crippen molar-refractivity contribution >= 4 is 23.9 Å². The molecule has 436 valence electrons. The van der Waals surface area contributed by atoms with E-state index in [1.165, 1.54) is 135 Å². The van der Waals surface area contributed by atoms with Crippen molar-refractivity contribution in [2.45, 2.75) is 327 Å². The van der Waals surface area contributed by atoms with Gasteiger partial charge in [-0.3, -0.25) is 14.4 Å².